The van der Waals surface area contributed by atoms with Crippen molar-refractivity contribution in [2.45, 2.75) is 37.8 Å². The van der Waals surface area contributed by atoms with Gasteiger partial charge in [-0.15, -0.1) is 0 Å². The molecule has 0 aromatic rings. The summed E-state index contributed by atoms with van der Waals surface area (Å²) in [6, 6.07) is 1.65. The van der Waals surface area contributed by atoms with E-state index in [2.05, 4.69) is 17.3 Å². The Hall–Kier alpha value is -0.0800. The normalized spacial score (nSPS) is 40.1. The van der Waals surface area contributed by atoms with Crippen molar-refractivity contribution < 1.29 is 0 Å². The summed E-state index contributed by atoms with van der Waals surface area (Å²) in [6.07, 6.45) is 5.57. The summed E-state index contributed by atoms with van der Waals surface area (Å²) in [4.78, 5) is 2.54. The number of fused-ring (bicyclic) bond motifs is 1. The van der Waals surface area contributed by atoms with Crippen LogP contribution >= 0.6 is 0 Å². The van der Waals surface area contributed by atoms with E-state index >= 15 is 0 Å². The fraction of sp³-hybridized carbons (Fsp3) is 1.00. The first-order valence-corrected chi connectivity index (χ1v) is 4.81. The smallest absolute Gasteiger partial charge is 0.0258 e. The number of nitrogens with one attached hydrogen (secondary N) is 1. The summed E-state index contributed by atoms with van der Waals surface area (Å²) >= 11 is 0. The molecule has 0 saturated carbocycles. The summed E-state index contributed by atoms with van der Waals surface area (Å²) in [5.74, 6) is 0. The average Bonchev–Trinajstić information content (AvgIpc) is 2.40. The molecule has 0 aromatic carbocycles. The van der Waals surface area contributed by atoms with Gasteiger partial charge in [0.25, 0.3) is 0 Å². The van der Waals surface area contributed by atoms with Gasteiger partial charge in [0, 0.05) is 12.1 Å². The molecule has 0 aliphatic carbocycles. The summed E-state index contributed by atoms with van der Waals surface area (Å²) in [5.41, 5.74) is 0. The molecular formula is C9H18N2. The summed E-state index contributed by atoms with van der Waals surface area (Å²) in [6.45, 7) is 2.54. The second-order valence-electron chi connectivity index (χ2n) is 3.89. The van der Waals surface area contributed by atoms with Crippen LogP contribution in [0.1, 0.15) is 25.7 Å². The lowest BCUT2D eigenvalue weighted by Crippen LogP contribution is -2.39. The minimum atomic E-state index is 0.808. The van der Waals surface area contributed by atoms with Crippen molar-refractivity contribution in [3.8, 4) is 0 Å². The molecule has 2 aliphatic rings. The fourth-order valence-electron chi connectivity index (χ4n) is 2.47. The first-order chi connectivity index (χ1) is 5.38. The van der Waals surface area contributed by atoms with Crippen LogP contribution in [0, 0.1) is 0 Å². The van der Waals surface area contributed by atoms with Crippen molar-refractivity contribution >= 4 is 0 Å². The van der Waals surface area contributed by atoms with Gasteiger partial charge in [0.05, 0.1) is 0 Å². The topological polar surface area (TPSA) is 15.3 Å². The lowest BCUT2D eigenvalue weighted by molar-refractivity contribution is 0.240. The minimum Gasteiger partial charge on any atom is -0.312 e. The number of likely N-dealkylation sites (tertiary alicyclic amines) is 1. The maximum atomic E-state index is 3.59. The van der Waals surface area contributed by atoms with Gasteiger partial charge in [-0.2, -0.15) is 0 Å². The number of hydrogen-bond acceptors (Lipinski definition) is 2. The van der Waals surface area contributed by atoms with Crippen molar-refractivity contribution in [3.63, 3.8) is 0 Å². The van der Waals surface area contributed by atoms with E-state index in [-0.39, 0.29) is 0 Å². The van der Waals surface area contributed by atoms with Crippen LogP contribution in [0.4, 0.5) is 0 Å². The third-order valence-corrected chi connectivity index (χ3v) is 3.15. The van der Waals surface area contributed by atoms with E-state index in [4.69, 9.17) is 0 Å². The molecule has 2 atom stereocenters. The van der Waals surface area contributed by atoms with Gasteiger partial charge in [-0.3, -0.25) is 0 Å². The Morgan fingerprint density at radius 2 is 2.18 bits per heavy atom. The number of nitrogens with zero attached hydrogens (tertiary/aromatic N) is 1. The Bertz CT molecular complexity index is 136. The van der Waals surface area contributed by atoms with Crippen LogP contribution in [0.25, 0.3) is 0 Å². The van der Waals surface area contributed by atoms with Crippen LogP contribution in [-0.2, 0) is 0 Å². The van der Waals surface area contributed by atoms with Gasteiger partial charge in [0.1, 0.15) is 0 Å². The van der Waals surface area contributed by atoms with E-state index in [0.717, 1.165) is 12.1 Å². The summed E-state index contributed by atoms with van der Waals surface area (Å²) in [5, 5.41) is 3.59. The minimum absolute atomic E-state index is 0.808. The Morgan fingerprint density at radius 1 is 1.27 bits per heavy atom. The third-order valence-electron chi connectivity index (χ3n) is 3.15. The van der Waals surface area contributed by atoms with Gasteiger partial charge in [-0.1, -0.05) is 6.42 Å². The summed E-state index contributed by atoms with van der Waals surface area (Å²) < 4.78 is 0. The van der Waals surface area contributed by atoms with Crippen molar-refractivity contribution in [3.05, 3.63) is 0 Å². The van der Waals surface area contributed by atoms with Gasteiger partial charge >= 0.3 is 0 Å². The predicted octanol–water partition coefficient (Wildman–Crippen LogP) is 0.833. The Kier molecular flexibility index (Phi) is 2.14. The van der Waals surface area contributed by atoms with Crippen LogP contribution in [0.15, 0.2) is 0 Å². The van der Waals surface area contributed by atoms with E-state index in [1.807, 2.05) is 0 Å². The fourth-order valence-corrected chi connectivity index (χ4v) is 2.47. The van der Waals surface area contributed by atoms with Crippen molar-refractivity contribution in [1.29, 1.82) is 0 Å². The molecule has 0 bridgehead atoms. The van der Waals surface area contributed by atoms with Crippen LogP contribution in [-0.4, -0.2) is 37.1 Å². The average molecular weight is 154 g/mol. The molecule has 1 N–H and O–H groups in total. The van der Waals surface area contributed by atoms with Gasteiger partial charge in [0.2, 0.25) is 0 Å². The van der Waals surface area contributed by atoms with Crippen LogP contribution in [0.2, 0.25) is 0 Å². The van der Waals surface area contributed by atoms with E-state index in [1.165, 1.54) is 38.8 Å². The molecule has 2 fully saturated rings. The molecule has 2 rings (SSSR count). The zero-order chi connectivity index (χ0) is 7.68. The Labute approximate surface area is 69.0 Å². The second kappa shape index (κ2) is 3.11. The molecule has 2 heteroatoms. The Balaban J connectivity index is 2.03. The highest BCUT2D eigenvalue weighted by molar-refractivity contribution is 4.91. The Morgan fingerprint density at radius 3 is 3.09 bits per heavy atom. The monoisotopic (exact) mass is 154 g/mol. The highest BCUT2D eigenvalue weighted by Gasteiger charge is 2.30. The predicted molar refractivity (Wildman–Crippen MR) is 46.7 cm³/mol. The maximum Gasteiger partial charge on any atom is 0.0258 e. The molecule has 0 aromatic heterocycles. The van der Waals surface area contributed by atoms with Crippen LogP contribution in [0.5, 0.6) is 0 Å². The lowest BCUT2D eigenvalue weighted by atomic mass is 10.1. The molecule has 2 saturated heterocycles. The standard InChI is InChI=1S/C9H18N2/c1-11-7-3-2-4-8-9(11)5-6-10-8/h8-10H,2-7H2,1H3/t8-,9-/m1/s1. The molecule has 0 unspecified atom stereocenters. The molecule has 0 amide bonds. The van der Waals surface area contributed by atoms with E-state index in [1.54, 1.807) is 0 Å². The number of rotatable bonds is 0. The van der Waals surface area contributed by atoms with Crippen molar-refractivity contribution in [2.24, 2.45) is 0 Å². The highest BCUT2D eigenvalue weighted by Crippen LogP contribution is 2.21. The molecule has 0 radical (unpaired) electrons. The molecule has 64 valence electrons. The first-order valence-electron chi connectivity index (χ1n) is 4.81. The van der Waals surface area contributed by atoms with Crippen molar-refractivity contribution in [1.82, 2.24) is 10.2 Å². The van der Waals surface area contributed by atoms with E-state index in [9.17, 15) is 0 Å². The number of likely N-dealkylation sites (N-methyl/N-ethyl adjacent to an activating group) is 1. The lowest BCUT2D eigenvalue weighted by Gasteiger charge is -2.25. The SMILES string of the molecule is CN1CCCC[C@H]2NCC[C@H]21. The zero-order valence-corrected chi connectivity index (χ0v) is 7.34. The van der Waals surface area contributed by atoms with Gasteiger partial charge in [0.15, 0.2) is 0 Å². The third kappa shape index (κ3) is 1.42. The zero-order valence-electron chi connectivity index (χ0n) is 7.34. The quantitative estimate of drug-likeness (QED) is 0.556. The molecule has 2 aliphatic heterocycles. The maximum absolute atomic E-state index is 3.59. The largest absolute Gasteiger partial charge is 0.312 e. The molecule has 2 heterocycles. The van der Waals surface area contributed by atoms with E-state index in [0.29, 0.717) is 0 Å². The molecule has 11 heavy (non-hydrogen) atoms. The molecule has 2 nitrogen and oxygen atoms in total. The second-order valence-corrected chi connectivity index (χ2v) is 3.89. The molecule has 0 spiro atoms. The van der Waals surface area contributed by atoms with Gasteiger partial charge in [-0.05, 0) is 39.4 Å². The van der Waals surface area contributed by atoms with Crippen LogP contribution < -0.4 is 5.32 Å². The van der Waals surface area contributed by atoms with E-state index < -0.39 is 0 Å². The first kappa shape index (κ1) is 7.56. The highest BCUT2D eigenvalue weighted by atomic mass is 15.2. The number of hydrogen-bond donors (Lipinski definition) is 1. The van der Waals surface area contributed by atoms with Crippen molar-refractivity contribution in [2.75, 3.05) is 20.1 Å². The van der Waals surface area contributed by atoms with Crippen LogP contribution in [0.3, 0.4) is 0 Å². The summed E-state index contributed by atoms with van der Waals surface area (Å²) in [7, 11) is 2.27. The van der Waals surface area contributed by atoms with Gasteiger partial charge < -0.3 is 10.2 Å². The molecular weight excluding hydrogens is 136 g/mol. The van der Waals surface area contributed by atoms with Gasteiger partial charge in [-0.25, -0.2) is 0 Å².